The van der Waals surface area contributed by atoms with E-state index in [9.17, 15) is 4.91 Å². The lowest BCUT2D eigenvalue weighted by atomic mass is 10.8. The molecule has 1 aliphatic heterocycles. The normalized spacial score (nSPS) is 33.2. The quantitative estimate of drug-likeness (QED) is 0.341. The Bertz CT molecular complexity index is 49.6. The van der Waals surface area contributed by atoms with E-state index in [0.717, 1.165) is 6.54 Å². The van der Waals surface area contributed by atoms with Gasteiger partial charge in [0.15, 0.2) is 6.17 Å². The third-order valence-corrected chi connectivity index (χ3v) is 0.514. The van der Waals surface area contributed by atoms with E-state index in [1.54, 1.807) is 0 Å². The fourth-order valence-electron chi connectivity index (χ4n) is 0.127. The first kappa shape index (κ1) is 2.78. The van der Waals surface area contributed by atoms with Crippen LogP contribution in [0.15, 0.2) is 5.18 Å². The lowest BCUT2D eigenvalue weighted by Crippen LogP contribution is -1.76. The monoisotopic (exact) mass is 72.0 g/mol. The zero-order valence-corrected chi connectivity index (χ0v) is 2.64. The van der Waals surface area contributed by atoms with Crippen LogP contribution in [0.5, 0.6) is 0 Å². The highest BCUT2D eigenvalue weighted by atomic mass is 16.3. The maximum atomic E-state index is 9.25. The van der Waals surface area contributed by atoms with Gasteiger partial charge in [0, 0.05) is 6.54 Å². The third kappa shape index (κ3) is 0.417. The van der Waals surface area contributed by atoms with Gasteiger partial charge in [-0.2, -0.15) is 0 Å². The van der Waals surface area contributed by atoms with E-state index in [1.807, 2.05) is 0 Å². The number of nitrogens with one attached hydrogen (secondary N) is 1. The molecule has 1 heterocycles. The number of hydrogen-bond donors (Lipinski definition) is 1. The molecule has 0 aromatic heterocycles. The van der Waals surface area contributed by atoms with Crippen molar-refractivity contribution in [3.05, 3.63) is 4.91 Å². The van der Waals surface area contributed by atoms with E-state index < -0.39 is 0 Å². The van der Waals surface area contributed by atoms with Gasteiger partial charge >= 0.3 is 0 Å². The maximum absolute atomic E-state index is 9.25. The highest BCUT2D eigenvalue weighted by Gasteiger charge is 2.19. The van der Waals surface area contributed by atoms with Crippen molar-refractivity contribution in [3.63, 3.8) is 0 Å². The van der Waals surface area contributed by atoms with Crippen LogP contribution < -0.4 is 5.32 Å². The van der Waals surface area contributed by atoms with Crippen molar-refractivity contribution in [2.75, 3.05) is 6.54 Å². The molecule has 0 amide bonds. The summed E-state index contributed by atoms with van der Waals surface area (Å²) in [7, 11) is 0. The predicted molar refractivity (Wildman–Crippen MR) is 17.6 cm³/mol. The van der Waals surface area contributed by atoms with Crippen molar-refractivity contribution >= 4 is 0 Å². The summed E-state index contributed by atoms with van der Waals surface area (Å²) in [5.74, 6) is 0. The van der Waals surface area contributed by atoms with Gasteiger partial charge in [-0.15, -0.1) is 4.91 Å². The van der Waals surface area contributed by atoms with Crippen molar-refractivity contribution in [2.45, 2.75) is 6.17 Å². The van der Waals surface area contributed by atoms with Gasteiger partial charge in [0.25, 0.3) is 0 Å². The Labute approximate surface area is 29.3 Å². The molecular formula is C2H4N2O. The van der Waals surface area contributed by atoms with Crippen molar-refractivity contribution < 1.29 is 0 Å². The summed E-state index contributed by atoms with van der Waals surface area (Å²) in [4.78, 5) is 9.25. The summed E-state index contributed by atoms with van der Waals surface area (Å²) >= 11 is 0. The van der Waals surface area contributed by atoms with Crippen molar-refractivity contribution in [2.24, 2.45) is 5.18 Å². The Morgan fingerprint density at radius 1 is 2.00 bits per heavy atom. The summed E-state index contributed by atoms with van der Waals surface area (Å²) in [5, 5.41) is 5.34. The first-order valence-corrected chi connectivity index (χ1v) is 1.49. The van der Waals surface area contributed by atoms with Crippen LogP contribution in [0.25, 0.3) is 0 Å². The predicted octanol–water partition coefficient (Wildman–Crippen LogP) is -0.318. The van der Waals surface area contributed by atoms with Crippen LogP contribution in [0.3, 0.4) is 0 Å². The van der Waals surface area contributed by atoms with E-state index in [0.29, 0.717) is 0 Å². The van der Waals surface area contributed by atoms with Crippen LogP contribution in [0.4, 0.5) is 0 Å². The molecule has 1 rings (SSSR count). The minimum atomic E-state index is -0.0463. The van der Waals surface area contributed by atoms with Gasteiger partial charge in [0.1, 0.15) is 0 Å². The average Bonchev–Trinajstić information content (AvgIpc) is 2.12. The summed E-state index contributed by atoms with van der Waals surface area (Å²) < 4.78 is 0. The van der Waals surface area contributed by atoms with Gasteiger partial charge in [-0.25, -0.2) is 0 Å². The lowest BCUT2D eigenvalue weighted by Gasteiger charge is -1.56. The second-order valence-electron chi connectivity index (χ2n) is 1.03. The van der Waals surface area contributed by atoms with E-state index in [2.05, 4.69) is 10.5 Å². The maximum Gasteiger partial charge on any atom is 0.155 e. The molecule has 1 aliphatic rings. The van der Waals surface area contributed by atoms with E-state index in [1.165, 1.54) is 0 Å². The van der Waals surface area contributed by atoms with Crippen LogP contribution in [0, 0.1) is 4.91 Å². The van der Waals surface area contributed by atoms with Crippen LogP contribution >= 0.6 is 0 Å². The summed E-state index contributed by atoms with van der Waals surface area (Å²) in [5.41, 5.74) is 0. The van der Waals surface area contributed by atoms with E-state index in [4.69, 9.17) is 0 Å². The largest absolute Gasteiger partial charge is 0.288 e. The molecular weight excluding hydrogens is 68.0 g/mol. The summed E-state index contributed by atoms with van der Waals surface area (Å²) in [6.45, 7) is 0.781. The molecule has 0 bridgehead atoms. The molecule has 5 heavy (non-hydrogen) atoms. The Morgan fingerprint density at radius 3 is 2.60 bits per heavy atom. The molecule has 3 nitrogen and oxygen atoms in total. The smallest absolute Gasteiger partial charge is 0.155 e. The second-order valence-corrected chi connectivity index (χ2v) is 1.03. The first-order valence-electron chi connectivity index (χ1n) is 1.49. The molecule has 1 saturated heterocycles. The zero-order valence-electron chi connectivity index (χ0n) is 2.64. The van der Waals surface area contributed by atoms with Gasteiger partial charge in [-0.3, -0.25) is 5.32 Å². The van der Waals surface area contributed by atoms with Gasteiger partial charge in [-0.1, -0.05) is 0 Å². The molecule has 0 aromatic carbocycles. The van der Waals surface area contributed by atoms with Crippen LogP contribution in [0.2, 0.25) is 0 Å². The highest BCUT2D eigenvalue weighted by molar-refractivity contribution is 4.78. The fourth-order valence-corrected chi connectivity index (χ4v) is 0.127. The number of rotatable bonds is 1. The molecule has 0 radical (unpaired) electrons. The SMILES string of the molecule is O=NC1CN1. The van der Waals surface area contributed by atoms with Crippen molar-refractivity contribution in [3.8, 4) is 0 Å². The van der Waals surface area contributed by atoms with Gasteiger partial charge in [0.05, 0.1) is 0 Å². The van der Waals surface area contributed by atoms with Crippen LogP contribution in [-0.4, -0.2) is 12.7 Å². The lowest BCUT2D eigenvalue weighted by molar-refractivity contribution is 1.01. The second kappa shape index (κ2) is 0.755. The molecule has 0 aliphatic carbocycles. The summed E-state index contributed by atoms with van der Waals surface area (Å²) in [6.07, 6.45) is -0.0463. The molecule has 0 spiro atoms. The molecule has 1 N–H and O–H groups in total. The minimum Gasteiger partial charge on any atom is -0.288 e. The molecule has 0 aromatic rings. The van der Waals surface area contributed by atoms with Crippen LogP contribution in [-0.2, 0) is 0 Å². The molecule has 1 unspecified atom stereocenters. The van der Waals surface area contributed by atoms with Crippen molar-refractivity contribution in [1.29, 1.82) is 0 Å². The molecule has 0 saturated carbocycles. The van der Waals surface area contributed by atoms with Crippen LogP contribution in [0.1, 0.15) is 0 Å². The number of nitrogens with zero attached hydrogens (tertiary/aromatic N) is 1. The third-order valence-electron chi connectivity index (χ3n) is 0.514. The Balaban J connectivity index is 2.21. The standard InChI is InChI=1S/C2H4N2O/c5-4-2-1-3-2/h2-3H,1H2. The average molecular weight is 72.1 g/mol. The Hall–Kier alpha value is -0.440. The Morgan fingerprint density at radius 2 is 2.60 bits per heavy atom. The topological polar surface area (TPSA) is 51.4 Å². The van der Waals surface area contributed by atoms with Gasteiger partial charge < -0.3 is 0 Å². The summed E-state index contributed by atoms with van der Waals surface area (Å²) in [6, 6.07) is 0. The van der Waals surface area contributed by atoms with Gasteiger partial charge in [-0.05, 0) is 5.18 Å². The molecule has 3 heteroatoms. The minimum absolute atomic E-state index is 0.0463. The zero-order chi connectivity index (χ0) is 3.70. The number of nitroso groups, excluding NO2 is 1. The molecule has 1 atom stereocenters. The molecule has 28 valence electrons. The first-order chi connectivity index (χ1) is 2.43. The van der Waals surface area contributed by atoms with E-state index in [-0.39, 0.29) is 6.17 Å². The van der Waals surface area contributed by atoms with Gasteiger partial charge in [0.2, 0.25) is 0 Å². The molecule has 1 fully saturated rings. The van der Waals surface area contributed by atoms with E-state index >= 15 is 0 Å². The Kier molecular flexibility index (Phi) is 0.420. The fraction of sp³-hybridized carbons (Fsp3) is 1.00. The number of hydrogen-bond acceptors (Lipinski definition) is 3. The van der Waals surface area contributed by atoms with Crippen molar-refractivity contribution in [1.82, 2.24) is 5.32 Å². The highest BCUT2D eigenvalue weighted by Crippen LogP contribution is 1.93.